The maximum Gasteiger partial charge on any atom is 0.319 e. The minimum atomic E-state index is -1.25. The molecule has 5 fully saturated rings. The van der Waals surface area contributed by atoms with Gasteiger partial charge < -0.3 is 38.8 Å². The molecule has 1 saturated carbocycles. The predicted octanol–water partition coefficient (Wildman–Crippen LogP) is 5.76. The van der Waals surface area contributed by atoms with E-state index in [9.17, 15) is 10.2 Å². The van der Waals surface area contributed by atoms with Crippen LogP contribution in [-0.4, -0.2) is 120 Å². The Hall–Kier alpha value is -4.39. The van der Waals surface area contributed by atoms with Crippen molar-refractivity contribution < 1.29 is 42.7 Å². The monoisotopic (exact) mass is 785 g/mol. The van der Waals surface area contributed by atoms with E-state index in [4.69, 9.17) is 40.1 Å². The van der Waals surface area contributed by atoms with Crippen molar-refractivity contribution in [2.24, 2.45) is 5.41 Å². The zero-order chi connectivity index (χ0) is 39.5. The molecule has 4 aromatic rings. The minimum Gasteiger partial charge on any atom is -0.508 e. The number of piperidine rings is 1. The fourth-order valence-corrected chi connectivity index (χ4v) is 10.4. The summed E-state index contributed by atoms with van der Waals surface area (Å²) in [6.45, 7) is 5.99. The van der Waals surface area contributed by atoms with Gasteiger partial charge in [0.2, 0.25) is 5.88 Å². The van der Waals surface area contributed by atoms with E-state index in [1.165, 1.54) is 31.4 Å². The van der Waals surface area contributed by atoms with Crippen molar-refractivity contribution >= 4 is 27.5 Å². The molecule has 2 N–H and O–H groups in total. The van der Waals surface area contributed by atoms with Crippen LogP contribution in [0.5, 0.6) is 17.6 Å². The van der Waals surface area contributed by atoms with Crippen LogP contribution in [-0.2, 0) is 14.2 Å². The van der Waals surface area contributed by atoms with E-state index >= 15 is 8.78 Å². The normalized spacial score (nSPS) is 29.4. The molecule has 2 aromatic heterocycles. The summed E-state index contributed by atoms with van der Waals surface area (Å²) >= 11 is 0. The minimum absolute atomic E-state index is 0.0119. The number of β-amino-alcohol motifs (C(OH)–C–C–N with tert-alkyl or cyclic N) is 1. The van der Waals surface area contributed by atoms with Gasteiger partial charge in [0.05, 0.1) is 51.2 Å². The van der Waals surface area contributed by atoms with E-state index in [0.717, 1.165) is 71.1 Å². The molecule has 57 heavy (non-hydrogen) atoms. The number of aromatic nitrogens is 3. The van der Waals surface area contributed by atoms with Gasteiger partial charge in [-0.3, -0.25) is 4.90 Å². The summed E-state index contributed by atoms with van der Waals surface area (Å²) < 4.78 is 62.8. The molecular weight excluding hydrogens is 736 g/mol. The highest BCUT2D eigenvalue weighted by atomic mass is 19.1. The lowest BCUT2D eigenvalue weighted by molar-refractivity contribution is -0.125. The van der Waals surface area contributed by atoms with E-state index in [-0.39, 0.29) is 87.3 Å². The zero-order valence-corrected chi connectivity index (χ0v) is 32.5. The molecule has 4 unspecified atom stereocenters. The summed E-state index contributed by atoms with van der Waals surface area (Å²) in [6, 6.07) is 6.09. The van der Waals surface area contributed by atoms with Gasteiger partial charge in [-0.25, -0.2) is 13.8 Å². The maximum atomic E-state index is 17.4. The van der Waals surface area contributed by atoms with Gasteiger partial charge in [0, 0.05) is 54.6 Å². The summed E-state index contributed by atoms with van der Waals surface area (Å²) in [4.78, 5) is 18.8. The average Bonchev–Trinajstić information content (AvgIpc) is 3.80. The molecule has 2 aromatic carbocycles. The molecule has 12 nitrogen and oxygen atoms in total. The number of halogens is 2. The summed E-state index contributed by atoms with van der Waals surface area (Å²) in [5.74, 6) is 0.925. The highest BCUT2D eigenvalue weighted by molar-refractivity contribution is 6.04. The quantitative estimate of drug-likeness (QED) is 0.221. The summed E-state index contributed by atoms with van der Waals surface area (Å²) in [6.07, 6.45) is 13.8. The first-order chi connectivity index (χ1) is 27.5. The molecule has 4 aliphatic heterocycles. The molecule has 0 amide bonds. The summed E-state index contributed by atoms with van der Waals surface area (Å²) in [5.41, 5.74) is -2.02. The number of anilines is 1. The van der Waals surface area contributed by atoms with Crippen LogP contribution in [0.15, 0.2) is 24.3 Å². The fraction of sp³-hybridized carbons (Fsp3) is 0.558. The maximum absolute atomic E-state index is 17.4. The highest BCUT2D eigenvalue weighted by Gasteiger charge is 2.52. The molecule has 1 aliphatic carbocycles. The highest BCUT2D eigenvalue weighted by Crippen LogP contribution is 2.51. The Balaban J connectivity index is 1.14. The topological polar surface area (TPSA) is 132 Å². The molecule has 302 valence electrons. The molecule has 0 radical (unpaired) electrons. The van der Waals surface area contributed by atoms with Crippen molar-refractivity contribution in [3.05, 3.63) is 41.5 Å². The van der Waals surface area contributed by atoms with Gasteiger partial charge in [-0.15, -0.1) is 6.42 Å². The van der Waals surface area contributed by atoms with Crippen molar-refractivity contribution in [3.63, 3.8) is 0 Å². The summed E-state index contributed by atoms with van der Waals surface area (Å²) in [5, 5.41) is 22.8. The standard InChI is InChI=1S/C43H49F2N5O7/c1-4-29-31(44)9-8-26-19-28(51)20-30(33(26)29)36-35(45)37-34(39(46-36)53-3)38(49-15-18-55-23-41(2,52)22-49)48-40(47-37)56-24-42-11-5-7-32(42)50(14-6-12-42)27-10-16-57-43(21-27)13-17-54-25-43/h1,8-9,19-20,27,32,51-52H,5-7,10-18,21-25H2,2-3H3/t27?,32-,41?,42?,43?/m1/s1. The number of ether oxygens (including phenoxy) is 5. The average molecular weight is 786 g/mol. The van der Waals surface area contributed by atoms with Crippen molar-refractivity contribution in [1.29, 1.82) is 0 Å². The molecule has 5 aliphatic rings. The Morgan fingerprint density at radius 2 is 1.84 bits per heavy atom. The molecular formula is C43H49F2N5O7. The number of aliphatic hydroxyl groups is 1. The Morgan fingerprint density at radius 1 is 1.00 bits per heavy atom. The van der Waals surface area contributed by atoms with E-state index < -0.39 is 17.2 Å². The Morgan fingerprint density at radius 3 is 2.65 bits per heavy atom. The number of fused-ring (bicyclic) bond motifs is 3. The number of pyridine rings is 1. The van der Waals surface area contributed by atoms with Crippen LogP contribution < -0.4 is 14.4 Å². The molecule has 9 rings (SSSR count). The van der Waals surface area contributed by atoms with E-state index in [1.807, 2.05) is 4.90 Å². The van der Waals surface area contributed by atoms with Crippen LogP contribution in [0.4, 0.5) is 14.6 Å². The second kappa shape index (κ2) is 14.8. The van der Waals surface area contributed by atoms with Crippen LogP contribution in [0.1, 0.15) is 63.9 Å². The molecule has 14 heteroatoms. The van der Waals surface area contributed by atoms with Gasteiger partial charge in [0.15, 0.2) is 5.82 Å². The number of hydrogen-bond donors (Lipinski definition) is 2. The summed E-state index contributed by atoms with van der Waals surface area (Å²) in [7, 11) is 1.40. The lowest BCUT2D eigenvalue weighted by Gasteiger charge is -2.52. The molecule has 0 bridgehead atoms. The third-order valence-corrected chi connectivity index (χ3v) is 12.9. The SMILES string of the molecule is C#Cc1c(F)ccc2cc(O)cc(-c3nc(OC)c4c(N5CCOCC(C)(O)C5)nc(OCC56CCC[C@H]5N(C5CCOC7(CCOC7)C5)CCC6)nc4c3F)c12. The zero-order valence-electron chi connectivity index (χ0n) is 32.5. The third-order valence-electron chi connectivity index (χ3n) is 12.9. The fourth-order valence-electron chi connectivity index (χ4n) is 10.4. The van der Waals surface area contributed by atoms with Crippen LogP contribution in [0.25, 0.3) is 32.9 Å². The number of terminal acetylenes is 1. The van der Waals surface area contributed by atoms with E-state index in [1.54, 1.807) is 6.92 Å². The number of nitrogens with zero attached hydrogens (tertiary/aromatic N) is 5. The van der Waals surface area contributed by atoms with Crippen LogP contribution in [0.2, 0.25) is 0 Å². The van der Waals surface area contributed by atoms with Crippen molar-refractivity contribution in [2.45, 2.75) is 81.6 Å². The number of phenolic OH excluding ortho intramolecular Hbond substituents is 1. The molecule has 5 atom stereocenters. The number of phenols is 1. The van der Waals surface area contributed by atoms with Crippen LogP contribution >= 0.6 is 0 Å². The van der Waals surface area contributed by atoms with Gasteiger partial charge >= 0.3 is 6.01 Å². The van der Waals surface area contributed by atoms with E-state index in [2.05, 4.69) is 15.8 Å². The first kappa shape index (κ1) is 38.1. The first-order valence-corrected chi connectivity index (χ1v) is 20.1. The number of benzene rings is 2. The number of rotatable bonds is 7. The van der Waals surface area contributed by atoms with Crippen LogP contribution in [0.3, 0.4) is 0 Å². The first-order valence-electron chi connectivity index (χ1n) is 20.1. The molecule has 4 saturated heterocycles. The number of hydrogen-bond acceptors (Lipinski definition) is 12. The largest absolute Gasteiger partial charge is 0.508 e. The molecule has 1 spiro atoms. The number of aromatic hydroxyl groups is 1. The van der Waals surface area contributed by atoms with Gasteiger partial charge in [0.25, 0.3) is 0 Å². The van der Waals surface area contributed by atoms with Crippen molar-refractivity contribution in [3.8, 4) is 41.2 Å². The smallest absolute Gasteiger partial charge is 0.319 e. The lowest BCUT2D eigenvalue weighted by Crippen LogP contribution is -2.58. The lowest BCUT2D eigenvalue weighted by atomic mass is 9.74. The van der Waals surface area contributed by atoms with Crippen LogP contribution in [0, 0.1) is 29.4 Å². The van der Waals surface area contributed by atoms with Gasteiger partial charge in [-0.2, -0.15) is 9.97 Å². The van der Waals surface area contributed by atoms with Crippen molar-refractivity contribution in [2.75, 3.05) is 71.3 Å². The van der Waals surface area contributed by atoms with E-state index in [0.29, 0.717) is 37.2 Å². The van der Waals surface area contributed by atoms with Gasteiger partial charge in [-0.1, -0.05) is 18.4 Å². The second-order valence-corrected chi connectivity index (χ2v) is 16.8. The third kappa shape index (κ3) is 6.81. The Bertz CT molecular complexity index is 2240. The molecule has 6 heterocycles. The van der Waals surface area contributed by atoms with Gasteiger partial charge in [0.1, 0.15) is 39.6 Å². The number of methoxy groups -OCH3 is 1. The predicted molar refractivity (Wildman–Crippen MR) is 209 cm³/mol. The Labute approximate surface area is 330 Å². The van der Waals surface area contributed by atoms with Gasteiger partial charge in [-0.05, 0) is 75.6 Å². The number of likely N-dealkylation sites (tertiary alicyclic amines) is 1. The Kier molecular flexibility index (Phi) is 9.88. The van der Waals surface area contributed by atoms with Crippen molar-refractivity contribution in [1.82, 2.24) is 19.9 Å². The second-order valence-electron chi connectivity index (χ2n) is 16.8.